The van der Waals surface area contributed by atoms with Crippen molar-refractivity contribution in [2.75, 3.05) is 11.1 Å². The SMILES string of the molecule is Nc1ccc(NC(=O)C(F)(F)C(F)(F)C(F)(F)C(F)(F)F)c2c1C(=O)c1ccccc1C2=O. The number of fused-ring (bicyclic) bond motifs is 2. The molecule has 1 amide bonds. The number of anilines is 2. The van der Waals surface area contributed by atoms with E-state index in [1.807, 2.05) is 0 Å². The van der Waals surface area contributed by atoms with Gasteiger partial charge in [-0.1, -0.05) is 24.3 Å². The molecule has 1 aliphatic rings. The second-order valence-corrected chi connectivity index (χ2v) is 6.83. The standard InChI is InChI=1S/C19H9F9N2O3/c20-16(21,17(22,23)18(24,25)19(26,27)28)15(33)30-10-6-5-9(29)11-12(10)14(32)8-4-2-1-3-7(8)13(11)31/h1-6H,29H2,(H,30,33). The third-order valence-electron chi connectivity index (χ3n) is 4.79. The molecule has 3 N–H and O–H groups in total. The molecule has 0 atom stereocenters. The van der Waals surface area contributed by atoms with E-state index in [-0.39, 0.29) is 16.8 Å². The van der Waals surface area contributed by atoms with E-state index in [1.165, 1.54) is 18.2 Å². The van der Waals surface area contributed by atoms with E-state index in [0.29, 0.717) is 6.07 Å². The van der Waals surface area contributed by atoms with Crippen molar-refractivity contribution in [2.24, 2.45) is 0 Å². The molecule has 0 heterocycles. The first kappa shape index (κ1) is 24.1. The van der Waals surface area contributed by atoms with Gasteiger partial charge < -0.3 is 11.1 Å². The van der Waals surface area contributed by atoms with E-state index in [0.717, 1.165) is 17.4 Å². The Bertz CT molecular complexity index is 1190. The minimum absolute atomic E-state index is 0.160. The van der Waals surface area contributed by atoms with Gasteiger partial charge in [0.15, 0.2) is 11.6 Å². The van der Waals surface area contributed by atoms with E-state index >= 15 is 0 Å². The van der Waals surface area contributed by atoms with Crippen LogP contribution in [0.4, 0.5) is 50.9 Å². The highest BCUT2D eigenvalue weighted by Crippen LogP contribution is 2.53. The molecule has 33 heavy (non-hydrogen) atoms. The fourth-order valence-corrected chi connectivity index (χ4v) is 3.07. The van der Waals surface area contributed by atoms with Gasteiger partial charge >= 0.3 is 29.9 Å². The lowest BCUT2D eigenvalue weighted by atomic mass is 9.82. The normalized spacial score (nSPS) is 14.6. The van der Waals surface area contributed by atoms with Gasteiger partial charge in [-0.2, -0.15) is 39.5 Å². The molecule has 0 unspecified atom stereocenters. The number of alkyl halides is 9. The van der Waals surface area contributed by atoms with Gasteiger partial charge in [0.25, 0.3) is 0 Å². The number of nitrogen functional groups attached to an aromatic ring is 1. The molecule has 0 radical (unpaired) electrons. The van der Waals surface area contributed by atoms with Crippen molar-refractivity contribution in [3.05, 3.63) is 58.7 Å². The Kier molecular flexibility index (Phi) is 5.26. The van der Waals surface area contributed by atoms with Crippen molar-refractivity contribution >= 4 is 28.8 Å². The summed E-state index contributed by atoms with van der Waals surface area (Å²) >= 11 is 0. The number of rotatable bonds is 4. The summed E-state index contributed by atoms with van der Waals surface area (Å²) in [5, 5.41) is 1.05. The third kappa shape index (κ3) is 3.31. The summed E-state index contributed by atoms with van der Waals surface area (Å²) in [5.41, 5.74) is 2.36. The fourth-order valence-electron chi connectivity index (χ4n) is 3.07. The lowest BCUT2D eigenvalue weighted by Gasteiger charge is -2.33. The molecule has 0 saturated carbocycles. The van der Waals surface area contributed by atoms with Crippen LogP contribution in [0.5, 0.6) is 0 Å². The van der Waals surface area contributed by atoms with Crippen LogP contribution in [0.15, 0.2) is 36.4 Å². The maximum Gasteiger partial charge on any atom is 0.460 e. The Hall–Kier alpha value is -3.58. The molecule has 0 fully saturated rings. The van der Waals surface area contributed by atoms with E-state index < -0.39 is 58.2 Å². The molecule has 2 aromatic carbocycles. The number of hydrogen-bond donors (Lipinski definition) is 2. The quantitative estimate of drug-likeness (QED) is 0.423. The van der Waals surface area contributed by atoms with Crippen LogP contribution in [0, 0.1) is 0 Å². The van der Waals surface area contributed by atoms with Crippen molar-refractivity contribution in [1.82, 2.24) is 0 Å². The lowest BCUT2D eigenvalue weighted by Crippen LogP contribution is -2.64. The Morgan fingerprint density at radius 3 is 1.70 bits per heavy atom. The van der Waals surface area contributed by atoms with Crippen LogP contribution in [0.25, 0.3) is 0 Å². The van der Waals surface area contributed by atoms with E-state index in [9.17, 15) is 53.9 Å². The van der Waals surface area contributed by atoms with Gasteiger partial charge in [-0.3, -0.25) is 14.4 Å². The van der Waals surface area contributed by atoms with Crippen LogP contribution in [0.1, 0.15) is 31.8 Å². The zero-order chi connectivity index (χ0) is 25.1. The molecule has 176 valence electrons. The number of amides is 1. The smallest absolute Gasteiger partial charge is 0.398 e. The van der Waals surface area contributed by atoms with Crippen LogP contribution in [0.3, 0.4) is 0 Å². The third-order valence-corrected chi connectivity index (χ3v) is 4.79. The topological polar surface area (TPSA) is 89.3 Å². The summed E-state index contributed by atoms with van der Waals surface area (Å²) in [5.74, 6) is -26.3. The van der Waals surface area contributed by atoms with Crippen LogP contribution < -0.4 is 11.1 Å². The number of ketones is 2. The Morgan fingerprint density at radius 2 is 1.21 bits per heavy atom. The van der Waals surface area contributed by atoms with Crippen molar-refractivity contribution in [1.29, 1.82) is 0 Å². The fraction of sp³-hybridized carbons (Fsp3) is 0.211. The average molecular weight is 484 g/mol. The van der Waals surface area contributed by atoms with Gasteiger partial charge in [-0.15, -0.1) is 0 Å². The molecule has 3 rings (SSSR count). The minimum Gasteiger partial charge on any atom is -0.398 e. The monoisotopic (exact) mass is 484 g/mol. The maximum absolute atomic E-state index is 13.9. The highest BCUT2D eigenvalue weighted by Gasteiger charge is 2.83. The van der Waals surface area contributed by atoms with Crippen molar-refractivity contribution in [3.8, 4) is 0 Å². The van der Waals surface area contributed by atoms with Crippen molar-refractivity contribution in [3.63, 3.8) is 0 Å². The number of nitrogens with one attached hydrogen (secondary N) is 1. The summed E-state index contributed by atoms with van der Waals surface area (Å²) in [6, 6.07) is 6.49. The van der Waals surface area contributed by atoms with Crippen molar-refractivity contribution in [2.45, 2.75) is 23.9 Å². The Balaban J connectivity index is 2.08. The predicted molar refractivity (Wildman–Crippen MR) is 93.7 cm³/mol. The van der Waals surface area contributed by atoms with Gasteiger partial charge in [0.1, 0.15) is 0 Å². The highest BCUT2D eigenvalue weighted by molar-refractivity contribution is 6.32. The summed E-state index contributed by atoms with van der Waals surface area (Å²) in [4.78, 5) is 37.2. The molecule has 0 spiro atoms. The number of carbonyl (C=O) groups excluding carboxylic acids is 3. The zero-order valence-corrected chi connectivity index (χ0v) is 15.7. The highest BCUT2D eigenvalue weighted by atomic mass is 19.4. The molecule has 2 aromatic rings. The molecular weight excluding hydrogens is 475 g/mol. The number of nitrogens with two attached hydrogens (primary N) is 1. The Morgan fingerprint density at radius 1 is 0.727 bits per heavy atom. The van der Waals surface area contributed by atoms with Gasteiger partial charge in [-0.05, 0) is 12.1 Å². The summed E-state index contributed by atoms with van der Waals surface area (Å²) in [7, 11) is 0. The van der Waals surface area contributed by atoms with Crippen LogP contribution in [-0.4, -0.2) is 41.4 Å². The molecule has 1 aliphatic carbocycles. The molecule has 0 aromatic heterocycles. The van der Waals surface area contributed by atoms with Crippen LogP contribution >= 0.6 is 0 Å². The van der Waals surface area contributed by atoms with Crippen molar-refractivity contribution < 1.29 is 53.9 Å². The zero-order valence-electron chi connectivity index (χ0n) is 15.7. The van der Waals surface area contributed by atoms with Gasteiger partial charge in [0.05, 0.1) is 16.8 Å². The molecule has 14 heteroatoms. The number of benzene rings is 2. The maximum atomic E-state index is 13.9. The lowest BCUT2D eigenvalue weighted by molar-refractivity contribution is -0.388. The van der Waals surface area contributed by atoms with Crippen LogP contribution in [-0.2, 0) is 4.79 Å². The first-order valence-corrected chi connectivity index (χ1v) is 8.59. The second-order valence-electron chi connectivity index (χ2n) is 6.83. The Labute approximate surface area is 177 Å². The van der Waals surface area contributed by atoms with E-state index in [1.54, 1.807) is 0 Å². The first-order chi connectivity index (χ1) is 15.0. The number of carbonyl (C=O) groups is 3. The first-order valence-electron chi connectivity index (χ1n) is 8.59. The van der Waals surface area contributed by atoms with E-state index in [4.69, 9.17) is 5.73 Å². The molecule has 5 nitrogen and oxygen atoms in total. The van der Waals surface area contributed by atoms with E-state index in [2.05, 4.69) is 0 Å². The van der Waals surface area contributed by atoms with Gasteiger partial charge in [-0.25, -0.2) is 0 Å². The average Bonchev–Trinajstić information content (AvgIpc) is 2.71. The number of halogens is 9. The molecule has 0 saturated heterocycles. The minimum atomic E-state index is -7.29. The van der Waals surface area contributed by atoms with Gasteiger partial charge in [0.2, 0.25) is 0 Å². The summed E-state index contributed by atoms with van der Waals surface area (Å²) in [6.07, 6.45) is -7.12. The summed E-state index contributed by atoms with van der Waals surface area (Å²) in [6.45, 7) is 0. The molecule has 0 aliphatic heterocycles. The second kappa shape index (κ2) is 7.22. The largest absolute Gasteiger partial charge is 0.460 e. The van der Waals surface area contributed by atoms with Crippen LogP contribution in [0.2, 0.25) is 0 Å². The number of hydrogen-bond acceptors (Lipinski definition) is 4. The molecule has 0 bridgehead atoms. The predicted octanol–water partition coefficient (Wildman–Crippen LogP) is 4.45. The summed E-state index contributed by atoms with van der Waals surface area (Å²) < 4.78 is 118. The van der Waals surface area contributed by atoms with Gasteiger partial charge in [0, 0.05) is 16.8 Å². The molecular formula is C19H9F9N2O3.